The van der Waals surface area contributed by atoms with Gasteiger partial charge in [0.2, 0.25) is 0 Å². The summed E-state index contributed by atoms with van der Waals surface area (Å²) in [4.78, 5) is 4.22. The van der Waals surface area contributed by atoms with Crippen molar-refractivity contribution in [2.75, 3.05) is 19.8 Å². The Morgan fingerprint density at radius 3 is 2.85 bits per heavy atom. The van der Waals surface area contributed by atoms with E-state index < -0.39 is 12.8 Å². The summed E-state index contributed by atoms with van der Waals surface area (Å²) in [6.45, 7) is -0.202. The molecule has 0 amide bonds. The molecule has 0 aliphatic heterocycles. The van der Waals surface area contributed by atoms with E-state index in [0.29, 0.717) is 13.1 Å². The molecule has 1 aromatic heterocycles. The lowest BCUT2D eigenvalue weighted by Crippen LogP contribution is -2.23. The van der Waals surface area contributed by atoms with E-state index in [2.05, 4.69) is 15.0 Å². The normalized spacial score (nSPS) is 11.9. The molecule has 0 saturated heterocycles. The van der Waals surface area contributed by atoms with Crippen molar-refractivity contribution >= 4 is 10.9 Å². The second-order valence-corrected chi connectivity index (χ2v) is 4.37. The first kappa shape index (κ1) is 14.7. The molecule has 2 aromatic rings. The van der Waals surface area contributed by atoms with E-state index in [1.165, 1.54) is 0 Å². The maximum absolute atomic E-state index is 11.8. The van der Waals surface area contributed by atoms with Crippen molar-refractivity contribution in [2.45, 2.75) is 12.7 Å². The average Bonchev–Trinajstić information content (AvgIpc) is 2.41. The number of ether oxygens (including phenoxy) is 1. The molecule has 2 rings (SSSR count). The Labute approximate surface area is 114 Å². The first-order valence-electron chi connectivity index (χ1n) is 6.23. The fraction of sp³-hybridized carbons (Fsp3) is 0.357. The number of hydrogen-bond donors (Lipinski definition) is 1. The highest BCUT2D eigenvalue weighted by Crippen LogP contribution is 2.14. The maximum atomic E-state index is 11.8. The van der Waals surface area contributed by atoms with Gasteiger partial charge in [0, 0.05) is 24.7 Å². The number of hydrogen-bond acceptors (Lipinski definition) is 3. The summed E-state index contributed by atoms with van der Waals surface area (Å²) < 4.78 is 40.0. The summed E-state index contributed by atoms with van der Waals surface area (Å²) in [6.07, 6.45) is -2.52. The van der Waals surface area contributed by atoms with Crippen LogP contribution in [0.2, 0.25) is 0 Å². The van der Waals surface area contributed by atoms with Crippen LogP contribution in [0.4, 0.5) is 13.2 Å². The number of fused-ring (bicyclic) bond motifs is 1. The molecule has 1 aromatic carbocycles. The molecule has 0 spiro atoms. The fourth-order valence-electron chi connectivity index (χ4n) is 1.80. The van der Waals surface area contributed by atoms with Crippen molar-refractivity contribution in [3.8, 4) is 0 Å². The molecule has 1 N–H and O–H groups in total. The lowest BCUT2D eigenvalue weighted by molar-refractivity contribution is -0.173. The van der Waals surface area contributed by atoms with Gasteiger partial charge in [0.15, 0.2) is 0 Å². The van der Waals surface area contributed by atoms with Crippen LogP contribution in [0.3, 0.4) is 0 Å². The number of benzene rings is 1. The molecule has 0 aliphatic carbocycles. The highest BCUT2D eigenvalue weighted by atomic mass is 19.4. The van der Waals surface area contributed by atoms with E-state index in [-0.39, 0.29) is 6.61 Å². The lowest BCUT2D eigenvalue weighted by Gasteiger charge is -2.08. The number of nitrogens with zero attached hydrogens (tertiary/aromatic N) is 1. The van der Waals surface area contributed by atoms with Gasteiger partial charge in [-0.05, 0) is 23.8 Å². The number of pyridine rings is 1. The summed E-state index contributed by atoms with van der Waals surface area (Å²) in [7, 11) is 0. The quantitative estimate of drug-likeness (QED) is 0.828. The Hall–Kier alpha value is -1.66. The number of aromatic nitrogens is 1. The average molecular weight is 284 g/mol. The van der Waals surface area contributed by atoms with E-state index in [9.17, 15) is 13.2 Å². The van der Waals surface area contributed by atoms with Crippen molar-refractivity contribution in [3.05, 3.63) is 42.1 Å². The zero-order valence-corrected chi connectivity index (χ0v) is 10.8. The van der Waals surface area contributed by atoms with Crippen molar-refractivity contribution < 1.29 is 17.9 Å². The number of rotatable bonds is 6. The molecule has 0 aliphatic rings. The molecule has 6 heteroatoms. The highest BCUT2D eigenvalue weighted by molar-refractivity contribution is 5.78. The third kappa shape index (κ3) is 4.79. The van der Waals surface area contributed by atoms with Crippen LogP contribution in [-0.2, 0) is 11.3 Å². The van der Waals surface area contributed by atoms with Crippen LogP contribution in [0.5, 0.6) is 0 Å². The molecule has 0 bridgehead atoms. The van der Waals surface area contributed by atoms with E-state index >= 15 is 0 Å². The predicted molar refractivity (Wildman–Crippen MR) is 70.3 cm³/mol. The van der Waals surface area contributed by atoms with Crippen LogP contribution in [0.25, 0.3) is 10.9 Å². The first-order valence-corrected chi connectivity index (χ1v) is 6.23. The van der Waals surface area contributed by atoms with Crippen molar-refractivity contribution in [2.24, 2.45) is 0 Å². The minimum absolute atomic E-state index is 0.0364. The number of nitrogens with one attached hydrogen (secondary N) is 1. The van der Waals surface area contributed by atoms with Gasteiger partial charge in [-0.2, -0.15) is 13.2 Å². The van der Waals surface area contributed by atoms with E-state index in [0.717, 1.165) is 16.5 Å². The molecule has 108 valence electrons. The van der Waals surface area contributed by atoms with E-state index in [1.54, 1.807) is 6.20 Å². The molecule has 0 fully saturated rings. The maximum Gasteiger partial charge on any atom is 0.411 e. The van der Waals surface area contributed by atoms with Gasteiger partial charge in [-0.3, -0.25) is 4.98 Å². The zero-order chi connectivity index (χ0) is 14.4. The Bertz CT molecular complexity index is 557. The van der Waals surface area contributed by atoms with Gasteiger partial charge in [0.05, 0.1) is 12.1 Å². The Morgan fingerprint density at radius 2 is 2.05 bits per heavy atom. The van der Waals surface area contributed by atoms with Crippen LogP contribution in [0, 0.1) is 0 Å². The molecule has 0 unspecified atom stereocenters. The molecule has 0 atom stereocenters. The first-order chi connectivity index (χ1) is 9.54. The monoisotopic (exact) mass is 284 g/mol. The fourth-order valence-corrected chi connectivity index (χ4v) is 1.80. The van der Waals surface area contributed by atoms with Crippen LogP contribution >= 0.6 is 0 Å². The predicted octanol–water partition coefficient (Wildman–Crippen LogP) is 2.90. The van der Waals surface area contributed by atoms with Crippen LogP contribution < -0.4 is 5.32 Å². The summed E-state index contributed by atoms with van der Waals surface area (Å²) in [5.41, 5.74) is 1.98. The molecule has 1 heterocycles. The lowest BCUT2D eigenvalue weighted by atomic mass is 10.1. The molecule has 0 radical (unpaired) electrons. The Kier molecular flexibility index (Phi) is 4.92. The van der Waals surface area contributed by atoms with Gasteiger partial charge >= 0.3 is 6.18 Å². The van der Waals surface area contributed by atoms with Crippen molar-refractivity contribution in [1.82, 2.24) is 10.3 Å². The SMILES string of the molecule is FC(F)(F)COCCNCc1ccc2ncccc2c1. The van der Waals surface area contributed by atoms with Crippen LogP contribution in [0.15, 0.2) is 36.5 Å². The van der Waals surface area contributed by atoms with Crippen molar-refractivity contribution in [3.63, 3.8) is 0 Å². The van der Waals surface area contributed by atoms with Gasteiger partial charge in [-0.15, -0.1) is 0 Å². The largest absolute Gasteiger partial charge is 0.411 e. The molecule has 3 nitrogen and oxygen atoms in total. The van der Waals surface area contributed by atoms with Gasteiger partial charge in [-0.1, -0.05) is 12.1 Å². The van der Waals surface area contributed by atoms with Crippen LogP contribution in [0.1, 0.15) is 5.56 Å². The number of alkyl halides is 3. The standard InChI is InChI=1S/C14H15F3N2O/c15-14(16,17)10-20-7-6-18-9-11-3-4-13-12(8-11)2-1-5-19-13/h1-5,8,18H,6-7,9-10H2. The minimum Gasteiger partial charge on any atom is -0.371 e. The molecule has 0 saturated carbocycles. The zero-order valence-electron chi connectivity index (χ0n) is 10.8. The molecule has 20 heavy (non-hydrogen) atoms. The smallest absolute Gasteiger partial charge is 0.371 e. The topological polar surface area (TPSA) is 34.1 Å². The summed E-state index contributed by atoms with van der Waals surface area (Å²) >= 11 is 0. The van der Waals surface area contributed by atoms with Gasteiger partial charge < -0.3 is 10.1 Å². The third-order valence-electron chi connectivity index (χ3n) is 2.69. The van der Waals surface area contributed by atoms with Gasteiger partial charge in [0.25, 0.3) is 0 Å². The summed E-state index contributed by atoms with van der Waals surface area (Å²) in [5, 5.41) is 4.08. The minimum atomic E-state index is -4.26. The second-order valence-electron chi connectivity index (χ2n) is 4.37. The van der Waals surface area contributed by atoms with Crippen LogP contribution in [-0.4, -0.2) is 30.9 Å². The van der Waals surface area contributed by atoms with Gasteiger partial charge in [0.1, 0.15) is 6.61 Å². The van der Waals surface area contributed by atoms with E-state index in [4.69, 9.17) is 0 Å². The van der Waals surface area contributed by atoms with Gasteiger partial charge in [-0.25, -0.2) is 0 Å². The Balaban J connectivity index is 1.73. The molecular weight excluding hydrogens is 269 g/mol. The second kappa shape index (κ2) is 6.67. The highest BCUT2D eigenvalue weighted by Gasteiger charge is 2.27. The summed E-state index contributed by atoms with van der Waals surface area (Å²) in [6, 6.07) is 9.71. The van der Waals surface area contributed by atoms with E-state index in [1.807, 2.05) is 30.3 Å². The Morgan fingerprint density at radius 1 is 1.20 bits per heavy atom. The molecular formula is C14H15F3N2O. The number of halogens is 3. The summed E-state index contributed by atoms with van der Waals surface area (Å²) in [5.74, 6) is 0. The van der Waals surface area contributed by atoms with Crippen molar-refractivity contribution in [1.29, 1.82) is 0 Å². The third-order valence-corrected chi connectivity index (χ3v) is 2.69.